The van der Waals surface area contributed by atoms with Gasteiger partial charge in [-0.05, 0) is 25.0 Å². The molecule has 0 heterocycles. The molecular weight excluding hydrogens is 242 g/mol. The summed E-state index contributed by atoms with van der Waals surface area (Å²) >= 11 is 0. The molecule has 0 saturated heterocycles. The smallest absolute Gasteiger partial charge is 0.258 e. The van der Waals surface area contributed by atoms with Crippen LogP contribution < -0.4 is 14.8 Å². The molecule has 19 heavy (non-hydrogen) atoms. The van der Waals surface area contributed by atoms with Crippen LogP contribution in [-0.4, -0.2) is 26.7 Å². The zero-order chi connectivity index (χ0) is 14.1. The first-order chi connectivity index (χ1) is 9.24. The molecule has 0 spiro atoms. The molecule has 1 amide bonds. The predicted molar refractivity (Wildman–Crippen MR) is 74.6 cm³/mol. The van der Waals surface area contributed by atoms with Crippen LogP contribution in [0.1, 0.15) is 29.6 Å². The van der Waals surface area contributed by atoms with Gasteiger partial charge in [0.05, 0.1) is 14.2 Å². The van der Waals surface area contributed by atoms with Gasteiger partial charge in [0, 0.05) is 13.0 Å². The van der Waals surface area contributed by atoms with E-state index < -0.39 is 0 Å². The van der Waals surface area contributed by atoms with Crippen molar-refractivity contribution in [2.24, 2.45) is 0 Å². The summed E-state index contributed by atoms with van der Waals surface area (Å²) in [5, 5.41) is 2.84. The van der Waals surface area contributed by atoms with E-state index in [-0.39, 0.29) is 5.91 Å². The maximum Gasteiger partial charge on any atom is 0.258 e. The monoisotopic (exact) mass is 261 g/mol. The molecule has 1 aromatic rings. The first kappa shape index (κ1) is 14.9. The van der Waals surface area contributed by atoms with Gasteiger partial charge in [0.25, 0.3) is 5.91 Å². The topological polar surface area (TPSA) is 47.6 Å². The Bertz CT molecular complexity index is 441. The minimum Gasteiger partial charge on any atom is -0.496 e. The third kappa shape index (κ3) is 4.22. The molecule has 4 heteroatoms. The van der Waals surface area contributed by atoms with Gasteiger partial charge in [-0.1, -0.05) is 6.07 Å². The number of hydrogen-bond acceptors (Lipinski definition) is 3. The number of unbranched alkanes of at least 4 members (excludes halogenated alkanes) is 2. The molecule has 0 aliphatic heterocycles. The summed E-state index contributed by atoms with van der Waals surface area (Å²) in [7, 11) is 3.05. The van der Waals surface area contributed by atoms with Crippen LogP contribution in [-0.2, 0) is 0 Å². The highest BCUT2D eigenvalue weighted by atomic mass is 16.5. The molecule has 102 valence electrons. The van der Waals surface area contributed by atoms with Crippen molar-refractivity contribution >= 4 is 5.91 Å². The van der Waals surface area contributed by atoms with E-state index in [1.807, 2.05) is 0 Å². The molecule has 4 nitrogen and oxygen atoms in total. The van der Waals surface area contributed by atoms with Gasteiger partial charge < -0.3 is 14.8 Å². The number of ether oxygens (including phenoxy) is 2. The number of carbonyl (C=O) groups is 1. The number of nitrogens with one attached hydrogen (secondary N) is 1. The largest absolute Gasteiger partial charge is 0.496 e. The average molecular weight is 261 g/mol. The lowest BCUT2D eigenvalue weighted by Gasteiger charge is -2.12. The van der Waals surface area contributed by atoms with E-state index >= 15 is 0 Å². The van der Waals surface area contributed by atoms with Crippen molar-refractivity contribution in [3.63, 3.8) is 0 Å². The fourth-order valence-electron chi connectivity index (χ4n) is 1.72. The molecule has 0 radical (unpaired) electrons. The van der Waals surface area contributed by atoms with Gasteiger partial charge in [-0.2, -0.15) is 0 Å². The molecule has 0 fully saturated rings. The van der Waals surface area contributed by atoms with Crippen LogP contribution >= 0.6 is 0 Å². The van der Waals surface area contributed by atoms with Gasteiger partial charge in [-0.3, -0.25) is 4.79 Å². The Morgan fingerprint density at radius 1 is 1.26 bits per heavy atom. The highest BCUT2D eigenvalue weighted by molar-refractivity contribution is 5.99. The van der Waals surface area contributed by atoms with Crippen molar-refractivity contribution in [2.45, 2.75) is 19.3 Å². The van der Waals surface area contributed by atoms with Gasteiger partial charge in [-0.25, -0.2) is 0 Å². The number of carbonyl (C=O) groups excluding carboxylic acids is 1. The quantitative estimate of drug-likeness (QED) is 0.605. The van der Waals surface area contributed by atoms with Crippen LogP contribution in [0.25, 0.3) is 0 Å². The van der Waals surface area contributed by atoms with E-state index in [4.69, 9.17) is 15.9 Å². The molecule has 0 aliphatic carbocycles. The van der Waals surface area contributed by atoms with Crippen molar-refractivity contribution in [1.82, 2.24) is 5.32 Å². The number of benzene rings is 1. The summed E-state index contributed by atoms with van der Waals surface area (Å²) in [5.74, 6) is 3.37. The Morgan fingerprint density at radius 3 is 2.42 bits per heavy atom. The van der Waals surface area contributed by atoms with Crippen molar-refractivity contribution in [1.29, 1.82) is 0 Å². The van der Waals surface area contributed by atoms with Gasteiger partial charge in [-0.15, -0.1) is 12.3 Å². The van der Waals surface area contributed by atoms with Crippen LogP contribution in [0, 0.1) is 12.3 Å². The zero-order valence-electron chi connectivity index (χ0n) is 11.4. The number of rotatable bonds is 7. The van der Waals surface area contributed by atoms with Crippen LogP contribution in [0.4, 0.5) is 0 Å². The fourth-order valence-corrected chi connectivity index (χ4v) is 1.72. The van der Waals surface area contributed by atoms with E-state index in [1.54, 1.807) is 18.2 Å². The first-order valence-electron chi connectivity index (χ1n) is 6.17. The summed E-state index contributed by atoms with van der Waals surface area (Å²) < 4.78 is 10.4. The minimum atomic E-state index is -0.199. The van der Waals surface area contributed by atoms with Crippen LogP contribution in [0.5, 0.6) is 11.5 Å². The molecule has 0 unspecified atom stereocenters. The van der Waals surface area contributed by atoms with Crippen molar-refractivity contribution in [3.8, 4) is 23.8 Å². The standard InChI is InChI=1S/C15H19NO3/c1-4-5-6-7-11-16-15(17)14-12(18-2)9-8-10-13(14)19-3/h1,8-10H,5-7,11H2,2-3H3,(H,16,17). The Hall–Kier alpha value is -2.15. The van der Waals surface area contributed by atoms with Crippen LogP contribution in [0.15, 0.2) is 18.2 Å². The van der Waals surface area contributed by atoms with Crippen molar-refractivity contribution in [2.75, 3.05) is 20.8 Å². The van der Waals surface area contributed by atoms with Gasteiger partial charge in [0.15, 0.2) is 0 Å². The second-order valence-electron chi connectivity index (χ2n) is 3.95. The molecular formula is C15H19NO3. The summed E-state index contributed by atoms with van der Waals surface area (Å²) in [6, 6.07) is 5.24. The lowest BCUT2D eigenvalue weighted by atomic mass is 10.1. The lowest BCUT2D eigenvalue weighted by Crippen LogP contribution is -2.25. The number of terminal acetylenes is 1. The molecule has 0 saturated carbocycles. The van der Waals surface area contributed by atoms with Gasteiger partial charge >= 0.3 is 0 Å². The normalized spacial score (nSPS) is 9.53. The second kappa shape index (κ2) is 8.04. The SMILES string of the molecule is C#CCCCCNC(=O)c1c(OC)cccc1OC. The lowest BCUT2D eigenvalue weighted by molar-refractivity contribution is 0.0947. The Labute approximate surface area is 114 Å². The highest BCUT2D eigenvalue weighted by Gasteiger charge is 2.17. The van der Waals surface area contributed by atoms with E-state index in [2.05, 4.69) is 11.2 Å². The molecule has 1 N–H and O–H groups in total. The molecule has 1 rings (SSSR count). The summed E-state index contributed by atoms with van der Waals surface area (Å²) in [5.41, 5.74) is 0.421. The molecule has 0 aromatic heterocycles. The third-order valence-electron chi connectivity index (χ3n) is 2.69. The van der Waals surface area contributed by atoms with Crippen molar-refractivity contribution in [3.05, 3.63) is 23.8 Å². The van der Waals surface area contributed by atoms with E-state index in [0.29, 0.717) is 23.6 Å². The fraction of sp³-hybridized carbons (Fsp3) is 0.400. The average Bonchev–Trinajstić information content (AvgIpc) is 2.45. The predicted octanol–water partition coefficient (Wildman–Crippen LogP) is 2.24. The van der Waals surface area contributed by atoms with Gasteiger partial charge in [0.2, 0.25) is 0 Å². The summed E-state index contributed by atoms with van der Waals surface area (Å²) in [6.45, 7) is 0.585. The molecule has 1 aromatic carbocycles. The number of methoxy groups -OCH3 is 2. The summed E-state index contributed by atoms with van der Waals surface area (Å²) in [4.78, 5) is 12.1. The number of hydrogen-bond donors (Lipinski definition) is 1. The van der Waals surface area contributed by atoms with Crippen LogP contribution in [0.2, 0.25) is 0 Å². The van der Waals surface area contributed by atoms with E-state index in [1.165, 1.54) is 14.2 Å². The van der Waals surface area contributed by atoms with E-state index in [0.717, 1.165) is 19.3 Å². The minimum absolute atomic E-state index is 0.199. The maximum absolute atomic E-state index is 12.1. The second-order valence-corrected chi connectivity index (χ2v) is 3.95. The molecule has 0 bridgehead atoms. The van der Waals surface area contributed by atoms with Crippen LogP contribution in [0.3, 0.4) is 0 Å². The highest BCUT2D eigenvalue weighted by Crippen LogP contribution is 2.27. The van der Waals surface area contributed by atoms with Gasteiger partial charge in [0.1, 0.15) is 17.1 Å². The van der Waals surface area contributed by atoms with Crippen molar-refractivity contribution < 1.29 is 14.3 Å². The van der Waals surface area contributed by atoms with E-state index in [9.17, 15) is 4.79 Å². The molecule has 0 aliphatic rings. The Balaban J connectivity index is 2.68. The Kier molecular flexibility index (Phi) is 6.31. The third-order valence-corrected chi connectivity index (χ3v) is 2.69. The zero-order valence-corrected chi connectivity index (χ0v) is 11.4. The summed E-state index contributed by atoms with van der Waals surface area (Å²) in [6.07, 6.45) is 7.65. The molecule has 0 atom stereocenters. The Morgan fingerprint density at radius 2 is 1.89 bits per heavy atom. The number of amides is 1. The maximum atomic E-state index is 12.1. The first-order valence-corrected chi connectivity index (χ1v) is 6.17.